The molecule has 3 aliphatic rings. The lowest BCUT2D eigenvalue weighted by atomic mass is 9.96. The molecular formula is C18H32O16. The highest BCUT2D eigenvalue weighted by Gasteiger charge is 2.53. The number of aliphatic hydroxyl groups excluding tert-OH is 11. The molecule has 0 bridgehead atoms. The molecule has 11 N–H and O–H groups in total. The first-order valence-corrected chi connectivity index (χ1v) is 10.6. The van der Waals surface area contributed by atoms with E-state index in [0.717, 1.165) is 0 Å². The molecule has 0 aromatic rings. The number of hydrogen-bond acceptors (Lipinski definition) is 16. The van der Waals surface area contributed by atoms with Crippen molar-refractivity contribution in [2.75, 3.05) is 19.8 Å². The van der Waals surface area contributed by atoms with Crippen LogP contribution in [-0.4, -0.2) is 168 Å². The summed E-state index contributed by atoms with van der Waals surface area (Å²) in [6.45, 7) is -2.33. The number of aliphatic hydroxyl groups is 11. The van der Waals surface area contributed by atoms with E-state index in [1.807, 2.05) is 0 Å². The van der Waals surface area contributed by atoms with E-state index in [9.17, 15) is 56.2 Å². The van der Waals surface area contributed by atoms with E-state index in [2.05, 4.69) is 0 Å². The molecule has 0 saturated carbocycles. The van der Waals surface area contributed by atoms with Crippen LogP contribution in [0.1, 0.15) is 0 Å². The Balaban J connectivity index is 1.78. The van der Waals surface area contributed by atoms with Gasteiger partial charge < -0.3 is 79.9 Å². The van der Waals surface area contributed by atoms with Crippen molar-refractivity contribution >= 4 is 0 Å². The van der Waals surface area contributed by atoms with Crippen molar-refractivity contribution in [3.05, 3.63) is 0 Å². The lowest BCUT2D eigenvalue weighted by Gasteiger charge is -2.47. The predicted molar refractivity (Wildman–Crippen MR) is 101 cm³/mol. The maximum atomic E-state index is 10.7. The van der Waals surface area contributed by atoms with Gasteiger partial charge in [-0.05, 0) is 0 Å². The highest BCUT2D eigenvalue weighted by atomic mass is 16.7. The molecular weight excluding hydrogens is 472 g/mol. The van der Waals surface area contributed by atoms with Crippen LogP contribution in [-0.2, 0) is 23.7 Å². The smallest absolute Gasteiger partial charge is 0.187 e. The minimum Gasteiger partial charge on any atom is -0.394 e. The number of ether oxygens (including phenoxy) is 5. The maximum absolute atomic E-state index is 10.7. The van der Waals surface area contributed by atoms with Gasteiger partial charge in [-0.2, -0.15) is 0 Å². The van der Waals surface area contributed by atoms with E-state index in [4.69, 9.17) is 23.7 Å². The summed E-state index contributed by atoms with van der Waals surface area (Å²) in [5.74, 6) is 0. The molecule has 3 unspecified atom stereocenters. The van der Waals surface area contributed by atoms with Gasteiger partial charge in [-0.1, -0.05) is 0 Å². The van der Waals surface area contributed by atoms with Crippen molar-refractivity contribution in [1.82, 2.24) is 0 Å². The van der Waals surface area contributed by atoms with Crippen molar-refractivity contribution in [1.29, 1.82) is 0 Å². The molecule has 16 nitrogen and oxygen atoms in total. The quantitative estimate of drug-likeness (QED) is 0.154. The molecule has 15 atom stereocenters. The minimum atomic E-state index is -1.92. The second-order valence-electron chi connectivity index (χ2n) is 8.33. The van der Waals surface area contributed by atoms with Crippen LogP contribution >= 0.6 is 0 Å². The predicted octanol–water partition coefficient (Wildman–Crippen LogP) is -7.57. The summed E-state index contributed by atoms with van der Waals surface area (Å²) >= 11 is 0. The molecule has 3 saturated heterocycles. The summed E-state index contributed by atoms with van der Waals surface area (Å²) in [6.07, 6.45) is -25.5. The third-order valence-corrected chi connectivity index (χ3v) is 6.09. The van der Waals surface area contributed by atoms with Gasteiger partial charge in [-0.3, -0.25) is 0 Å². The largest absolute Gasteiger partial charge is 0.394 e. The molecule has 0 spiro atoms. The lowest BCUT2D eigenvalue weighted by Crippen LogP contribution is -2.66. The summed E-state index contributed by atoms with van der Waals surface area (Å²) in [5, 5.41) is 110. The molecule has 3 heterocycles. The zero-order valence-corrected chi connectivity index (χ0v) is 17.7. The fourth-order valence-electron chi connectivity index (χ4n) is 4.04. The highest BCUT2D eigenvalue weighted by Crippen LogP contribution is 2.32. The van der Waals surface area contributed by atoms with Crippen LogP contribution in [0.3, 0.4) is 0 Å². The SMILES string of the molecule is OC[C@H]1OC(O[C@H]2[C@H](O)[C@@H](CO)OC(O[C@H]3[C@H](O)[C@@H](CO)OC(O)[C@@H]3O)[C@@H]2O)[C@H](O)[C@@H](O)[C@@H]1O. The standard InChI is InChI=1S/C18H32O16/c19-1-4-7(22)10(25)11(26)17(31-4)34-15-9(24)6(3-21)32-18(13(15)28)33-14-8(23)5(2-20)30-16(29)12(14)27/h4-29H,1-3H2/t4-,5-,6-,7-,8-,9-,10+,11-,12-,13-,14+,15+,16?,17?,18?/m1/s1. The topological polar surface area (TPSA) is 269 Å². The van der Waals surface area contributed by atoms with Crippen molar-refractivity contribution in [2.45, 2.75) is 92.1 Å². The maximum Gasteiger partial charge on any atom is 0.187 e. The average Bonchev–Trinajstić information content (AvgIpc) is 2.82. The van der Waals surface area contributed by atoms with Crippen LogP contribution < -0.4 is 0 Å². The third kappa shape index (κ3) is 5.37. The Hall–Kier alpha value is -0.640. The van der Waals surface area contributed by atoms with Crippen LogP contribution in [0.15, 0.2) is 0 Å². The number of hydrogen-bond donors (Lipinski definition) is 11. The van der Waals surface area contributed by atoms with Crippen LogP contribution in [0.5, 0.6) is 0 Å². The second kappa shape index (κ2) is 11.6. The van der Waals surface area contributed by atoms with Crippen molar-refractivity contribution in [2.24, 2.45) is 0 Å². The molecule has 0 radical (unpaired) electrons. The van der Waals surface area contributed by atoms with Gasteiger partial charge in [0.1, 0.15) is 73.2 Å². The Labute approximate surface area is 192 Å². The second-order valence-corrected chi connectivity index (χ2v) is 8.33. The minimum absolute atomic E-state index is 0.750. The van der Waals surface area contributed by atoms with Crippen molar-refractivity contribution in [3.8, 4) is 0 Å². The van der Waals surface area contributed by atoms with Gasteiger partial charge in [0.2, 0.25) is 0 Å². The van der Waals surface area contributed by atoms with Gasteiger partial charge in [0.05, 0.1) is 19.8 Å². The fourth-order valence-corrected chi connectivity index (χ4v) is 4.04. The van der Waals surface area contributed by atoms with E-state index in [0.29, 0.717) is 0 Å². The summed E-state index contributed by atoms with van der Waals surface area (Å²) in [6, 6.07) is 0. The van der Waals surface area contributed by atoms with Gasteiger partial charge in [0.15, 0.2) is 18.9 Å². The van der Waals surface area contributed by atoms with Gasteiger partial charge >= 0.3 is 0 Å². The Bertz CT molecular complexity index is 639. The highest BCUT2D eigenvalue weighted by molar-refractivity contribution is 4.96. The van der Waals surface area contributed by atoms with Gasteiger partial charge in [-0.25, -0.2) is 0 Å². The Morgan fingerprint density at radius 1 is 0.441 bits per heavy atom. The first-order valence-electron chi connectivity index (χ1n) is 10.6. The Morgan fingerprint density at radius 3 is 1.35 bits per heavy atom. The first-order chi connectivity index (χ1) is 16.0. The molecule has 3 rings (SSSR count). The van der Waals surface area contributed by atoms with Crippen LogP contribution in [0.25, 0.3) is 0 Å². The molecule has 0 aromatic heterocycles. The molecule has 0 aliphatic carbocycles. The third-order valence-electron chi connectivity index (χ3n) is 6.09. The molecule has 0 aromatic carbocycles. The zero-order chi connectivity index (χ0) is 25.3. The molecule has 200 valence electrons. The van der Waals surface area contributed by atoms with E-state index >= 15 is 0 Å². The van der Waals surface area contributed by atoms with E-state index in [-0.39, 0.29) is 0 Å². The first kappa shape index (κ1) is 27.9. The Morgan fingerprint density at radius 2 is 0.853 bits per heavy atom. The van der Waals surface area contributed by atoms with Gasteiger partial charge in [-0.15, -0.1) is 0 Å². The Kier molecular flexibility index (Phi) is 9.54. The van der Waals surface area contributed by atoms with E-state index in [1.54, 1.807) is 0 Å². The molecule has 3 fully saturated rings. The lowest BCUT2D eigenvalue weighted by molar-refractivity contribution is -0.379. The van der Waals surface area contributed by atoms with E-state index < -0.39 is 112 Å². The molecule has 34 heavy (non-hydrogen) atoms. The summed E-state index contributed by atoms with van der Waals surface area (Å²) in [5.41, 5.74) is 0. The zero-order valence-electron chi connectivity index (χ0n) is 17.7. The van der Waals surface area contributed by atoms with Crippen molar-refractivity contribution < 1.29 is 79.9 Å². The van der Waals surface area contributed by atoms with Crippen LogP contribution in [0.4, 0.5) is 0 Å². The fraction of sp³-hybridized carbons (Fsp3) is 1.00. The van der Waals surface area contributed by atoms with Gasteiger partial charge in [0, 0.05) is 0 Å². The summed E-state index contributed by atoms with van der Waals surface area (Å²) in [4.78, 5) is 0. The molecule has 3 aliphatic heterocycles. The van der Waals surface area contributed by atoms with Crippen LogP contribution in [0.2, 0.25) is 0 Å². The van der Waals surface area contributed by atoms with E-state index in [1.165, 1.54) is 0 Å². The average molecular weight is 504 g/mol. The number of rotatable bonds is 7. The molecule has 16 heteroatoms. The summed E-state index contributed by atoms with van der Waals surface area (Å²) in [7, 11) is 0. The summed E-state index contributed by atoms with van der Waals surface area (Å²) < 4.78 is 26.2. The van der Waals surface area contributed by atoms with Gasteiger partial charge in [0.25, 0.3) is 0 Å². The normalized spacial score (nSPS) is 52.5. The van der Waals surface area contributed by atoms with Crippen molar-refractivity contribution in [3.63, 3.8) is 0 Å². The van der Waals surface area contributed by atoms with Crippen LogP contribution in [0, 0.1) is 0 Å². The monoisotopic (exact) mass is 504 g/mol. The molecule has 0 amide bonds.